The summed E-state index contributed by atoms with van der Waals surface area (Å²) >= 11 is 0. The minimum Gasteiger partial charge on any atom is -0.427 e. The number of rotatable bonds is 2. The topological polar surface area (TPSA) is 52.6 Å². The number of aryl methyl sites for hydroxylation is 2. The molecule has 2 rings (SSSR count). The molecule has 18 heavy (non-hydrogen) atoms. The van der Waals surface area contributed by atoms with Gasteiger partial charge in [-0.3, -0.25) is 9.59 Å². The van der Waals surface area contributed by atoms with E-state index in [0.717, 1.165) is 12.8 Å². The molecule has 0 saturated carbocycles. The lowest BCUT2D eigenvalue weighted by molar-refractivity contribution is -0.181. The van der Waals surface area contributed by atoms with Crippen LogP contribution in [0.5, 0.6) is 0 Å². The van der Waals surface area contributed by atoms with E-state index in [-0.39, 0.29) is 13.2 Å². The molecule has 0 N–H and O–H groups in total. The van der Waals surface area contributed by atoms with Gasteiger partial charge in [0.25, 0.3) is 0 Å². The van der Waals surface area contributed by atoms with Crippen LogP contribution in [0.4, 0.5) is 0 Å². The van der Waals surface area contributed by atoms with Crippen LogP contribution in [-0.2, 0) is 31.9 Å². The Morgan fingerprint density at radius 1 is 0.944 bits per heavy atom. The second kappa shape index (κ2) is 7.48. The molecule has 0 aromatic heterocycles. The van der Waals surface area contributed by atoms with Crippen LogP contribution in [0.15, 0.2) is 24.3 Å². The zero-order chi connectivity index (χ0) is 13.4. The number of cyclic esters (lactones) is 2. The van der Waals surface area contributed by atoms with E-state index in [2.05, 4.69) is 47.6 Å². The molecule has 1 fully saturated rings. The summed E-state index contributed by atoms with van der Waals surface area (Å²) in [6.45, 7) is 4.18. The fourth-order valence-electron chi connectivity index (χ4n) is 1.63. The Bertz CT molecular complexity index is 375. The highest BCUT2D eigenvalue weighted by molar-refractivity contribution is 5.92. The second-order valence-corrected chi connectivity index (χ2v) is 3.80. The average Bonchev–Trinajstić information content (AvgIpc) is 2.39. The molecule has 1 aliphatic rings. The lowest BCUT2D eigenvalue weighted by Crippen LogP contribution is -2.22. The minimum atomic E-state index is -0.513. The lowest BCUT2D eigenvalue weighted by atomic mass is 10.0. The van der Waals surface area contributed by atoms with Gasteiger partial charge in [-0.25, -0.2) is 0 Å². The van der Waals surface area contributed by atoms with E-state index in [1.54, 1.807) is 0 Å². The van der Waals surface area contributed by atoms with E-state index in [4.69, 9.17) is 0 Å². The van der Waals surface area contributed by atoms with Crippen LogP contribution in [0.3, 0.4) is 0 Å². The summed E-state index contributed by atoms with van der Waals surface area (Å²) in [5, 5.41) is 0. The van der Waals surface area contributed by atoms with Gasteiger partial charge in [-0.15, -0.1) is 0 Å². The van der Waals surface area contributed by atoms with Crippen molar-refractivity contribution in [2.45, 2.75) is 33.1 Å². The van der Waals surface area contributed by atoms with Crippen LogP contribution in [0.1, 0.15) is 31.4 Å². The first-order chi connectivity index (χ1) is 8.67. The molecular formula is C14H18O4. The summed E-state index contributed by atoms with van der Waals surface area (Å²) in [4.78, 5) is 20.3. The van der Waals surface area contributed by atoms with Gasteiger partial charge in [-0.2, -0.15) is 0 Å². The summed E-state index contributed by atoms with van der Waals surface area (Å²) in [5.41, 5.74) is 2.98. The summed E-state index contributed by atoms with van der Waals surface area (Å²) in [7, 11) is 0. The SMILES string of the molecule is CCc1ccccc1CC.O=C1CC(=O)OCO1. The van der Waals surface area contributed by atoms with Crippen molar-refractivity contribution in [2.24, 2.45) is 0 Å². The molecule has 1 heterocycles. The fraction of sp³-hybridized carbons (Fsp3) is 0.429. The number of carbonyl (C=O) groups is 2. The molecule has 1 aliphatic heterocycles. The highest BCUT2D eigenvalue weighted by Crippen LogP contribution is 2.08. The van der Waals surface area contributed by atoms with Gasteiger partial charge in [-0.1, -0.05) is 38.1 Å². The molecule has 1 saturated heterocycles. The predicted octanol–water partition coefficient (Wildman–Crippen LogP) is 2.25. The number of ether oxygens (including phenoxy) is 2. The van der Waals surface area contributed by atoms with Gasteiger partial charge >= 0.3 is 11.9 Å². The molecular weight excluding hydrogens is 232 g/mol. The van der Waals surface area contributed by atoms with Crippen LogP contribution in [0.2, 0.25) is 0 Å². The molecule has 0 amide bonds. The van der Waals surface area contributed by atoms with Crippen molar-refractivity contribution in [2.75, 3.05) is 6.79 Å². The number of esters is 2. The third-order valence-corrected chi connectivity index (χ3v) is 2.61. The van der Waals surface area contributed by atoms with Gasteiger partial charge in [0.2, 0.25) is 6.79 Å². The minimum absolute atomic E-state index is 0.225. The molecule has 1 aromatic carbocycles. The zero-order valence-electron chi connectivity index (χ0n) is 10.8. The van der Waals surface area contributed by atoms with Crippen LogP contribution >= 0.6 is 0 Å². The van der Waals surface area contributed by atoms with E-state index in [9.17, 15) is 9.59 Å². The van der Waals surface area contributed by atoms with Gasteiger partial charge in [0.1, 0.15) is 6.42 Å². The van der Waals surface area contributed by atoms with Crippen LogP contribution in [0, 0.1) is 0 Å². The van der Waals surface area contributed by atoms with Crippen molar-refractivity contribution in [1.82, 2.24) is 0 Å². The fourth-order valence-corrected chi connectivity index (χ4v) is 1.63. The third kappa shape index (κ3) is 4.57. The monoisotopic (exact) mass is 250 g/mol. The van der Waals surface area contributed by atoms with Crippen molar-refractivity contribution in [3.05, 3.63) is 35.4 Å². The Morgan fingerprint density at radius 2 is 1.39 bits per heavy atom. The molecule has 0 bridgehead atoms. The molecule has 1 aromatic rings. The van der Waals surface area contributed by atoms with E-state index in [0.29, 0.717) is 0 Å². The van der Waals surface area contributed by atoms with E-state index < -0.39 is 11.9 Å². The van der Waals surface area contributed by atoms with Crippen LogP contribution < -0.4 is 0 Å². The largest absolute Gasteiger partial charge is 0.427 e. The molecule has 4 nitrogen and oxygen atoms in total. The first kappa shape index (κ1) is 14.2. The van der Waals surface area contributed by atoms with Crippen LogP contribution in [-0.4, -0.2) is 18.7 Å². The molecule has 0 unspecified atom stereocenters. The summed E-state index contributed by atoms with van der Waals surface area (Å²) < 4.78 is 8.53. The summed E-state index contributed by atoms with van der Waals surface area (Å²) in [6, 6.07) is 8.63. The van der Waals surface area contributed by atoms with Crippen molar-refractivity contribution in [3.8, 4) is 0 Å². The summed E-state index contributed by atoms with van der Waals surface area (Å²) in [5.74, 6) is -1.03. The van der Waals surface area contributed by atoms with Crippen LogP contribution in [0.25, 0.3) is 0 Å². The zero-order valence-corrected chi connectivity index (χ0v) is 10.8. The van der Waals surface area contributed by atoms with Gasteiger partial charge in [0.15, 0.2) is 0 Å². The quantitative estimate of drug-likeness (QED) is 0.596. The number of hydrogen-bond donors (Lipinski definition) is 0. The van der Waals surface area contributed by atoms with Crippen molar-refractivity contribution in [3.63, 3.8) is 0 Å². The predicted molar refractivity (Wildman–Crippen MR) is 66.9 cm³/mol. The van der Waals surface area contributed by atoms with Crippen molar-refractivity contribution in [1.29, 1.82) is 0 Å². The average molecular weight is 250 g/mol. The highest BCUT2D eigenvalue weighted by atomic mass is 16.7. The second-order valence-electron chi connectivity index (χ2n) is 3.80. The Hall–Kier alpha value is -1.84. The maximum absolute atomic E-state index is 10.2. The number of hydrogen-bond acceptors (Lipinski definition) is 4. The first-order valence-corrected chi connectivity index (χ1v) is 6.05. The smallest absolute Gasteiger partial charge is 0.320 e. The Morgan fingerprint density at radius 3 is 1.67 bits per heavy atom. The Balaban J connectivity index is 0.000000184. The Kier molecular flexibility index (Phi) is 5.91. The van der Waals surface area contributed by atoms with Gasteiger partial charge in [-0.05, 0) is 24.0 Å². The molecule has 0 atom stereocenters. The van der Waals surface area contributed by atoms with E-state index in [1.807, 2.05) is 0 Å². The number of carbonyl (C=O) groups excluding carboxylic acids is 2. The van der Waals surface area contributed by atoms with Gasteiger partial charge < -0.3 is 9.47 Å². The Labute approximate surface area is 107 Å². The molecule has 0 spiro atoms. The van der Waals surface area contributed by atoms with Crippen molar-refractivity contribution < 1.29 is 19.1 Å². The van der Waals surface area contributed by atoms with E-state index >= 15 is 0 Å². The van der Waals surface area contributed by atoms with Gasteiger partial charge in [0, 0.05) is 0 Å². The highest BCUT2D eigenvalue weighted by Gasteiger charge is 2.17. The van der Waals surface area contributed by atoms with Crippen molar-refractivity contribution >= 4 is 11.9 Å². The van der Waals surface area contributed by atoms with E-state index in [1.165, 1.54) is 11.1 Å². The van der Waals surface area contributed by atoms with Gasteiger partial charge in [0.05, 0.1) is 0 Å². The normalized spacial score (nSPS) is 14.1. The molecule has 4 heteroatoms. The lowest BCUT2D eigenvalue weighted by Gasteiger charge is -2.09. The summed E-state index contributed by atoms with van der Waals surface area (Å²) in [6.07, 6.45) is 2.06. The maximum Gasteiger partial charge on any atom is 0.320 e. The standard InChI is InChI=1S/C10H14.C4H4O4/c1-3-9-7-5-6-8-10(9)4-2;5-3-1-4(6)8-2-7-3/h5-8H,3-4H2,1-2H3;1-2H2. The molecule has 0 aliphatic carbocycles. The number of benzene rings is 1. The maximum atomic E-state index is 10.2. The third-order valence-electron chi connectivity index (χ3n) is 2.61. The first-order valence-electron chi connectivity index (χ1n) is 6.05. The molecule has 0 radical (unpaired) electrons. The molecule has 98 valence electrons.